The Balaban J connectivity index is 1.59. The van der Waals surface area contributed by atoms with E-state index in [1.54, 1.807) is 0 Å². The van der Waals surface area contributed by atoms with Gasteiger partial charge in [-0.25, -0.2) is 0 Å². The van der Waals surface area contributed by atoms with Crippen LogP contribution in [0.5, 0.6) is 0 Å². The average molecular weight is 227 g/mol. The number of ether oxygens (including phenoxy) is 2. The zero-order chi connectivity index (χ0) is 11.2. The van der Waals surface area contributed by atoms with Gasteiger partial charge >= 0.3 is 0 Å². The second-order valence-electron chi connectivity index (χ2n) is 4.58. The third-order valence-electron chi connectivity index (χ3n) is 3.28. The first-order valence-electron chi connectivity index (χ1n) is 6.32. The van der Waals surface area contributed by atoms with Crippen LogP contribution >= 0.6 is 0 Å². The van der Waals surface area contributed by atoms with E-state index < -0.39 is 0 Å². The predicted octanol–water partition coefficient (Wildman–Crippen LogP) is 0.893. The molecule has 0 bridgehead atoms. The summed E-state index contributed by atoms with van der Waals surface area (Å²) >= 11 is 0. The predicted molar refractivity (Wildman–Crippen MR) is 60.4 cm³/mol. The molecule has 2 atom stereocenters. The summed E-state index contributed by atoms with van der Waals surface area (Å²) in [4.78, 5) is 11.8. The van der Waals surface area contributed by atoms with Crippen LogP contribution in [0.15, 0.2) is 0 Å². The van der Waals surface area contributed by atoms with Crippen molar-refractivity contribution in [3.05, 3.63) is 0 Å². The number of ketones is 1. The first-order chi connectivity index (χ1) is 7.86. The standard InChI is InChI=1S/C12H21NO3/c14-12(11-9-15-8-6-13-11)5-1-3-10-4-2-7-16-10/h10-11,13H,1-9H2. The van der Waals surface area contributed by atoms with Gasteiger partial charge in [0.1, 0.15) is 0 Å². The van der Waals surface area contributed by atoms with E-state index in [0.29, 0.717) is 19.1 Å². The minimum atomic E-state index is -0.0711. The van der Waals surface area contributed by atoms with Crippen molar-refractivity contribution in [1.82, 2.24) is 5.32 Å². The Kier molecular flexibility index (Phi) is 4.75. The van der Waals surface area contributed by atoms with Crippen molar-refractivity contribution in [2.75, 3.05) is 26.4 Å². The molecule has 92 valence electrons. The summed E-state index contributed by atoms with van der Waals surface area (Å²) in [5, 5.41) is 3.19. The Labute approximate surface area is 96.7 Å². The lowest BCUT2D eigenvalue weighted by Gasteiger charge is -2.22. The van der Waals surface area contributed by atoms with Gasteiger partial charge < -0.3 is 14.8 Å². The molecule has 2 fully saturated rings. The van der Waals surface area contributed by atoms with E-state index in [4.69, 9.17) is 9.47 Å². The molecule has 4 heteroatoms. The van der Waals surface area contributed by atoms with Crippen molar-refractivity contribution < 1.29 is 14.3 Å². The van der Waals surface area contributed by atoms with Crippen LogP contribution in [0.3, 0.4) is 0 Å². The SMILES string of the molecule is O=C(CCCC1CCCO1)C1COCCN1. The van der Waals surface area contributed by atoms with Crippen LogP contribution in [-0.4, -0.2) is 44.3 Å². The minimum absolute atomic E-state index is 0.0711. The molecule has 2 aliphatic heterocycles. The van der Waals surface area contributed by atoms with Gasteiger partial charge in [0.05, 0.1) is 25.4 Å². The van der Waals surface area contributed by atoms with Crippen molar-refractivity contribution in [2.24, 2.45) is 0 Å². The first-order valence-corrected chi connectivity index (χ1v) is 6.32. The molecule has 2 unspecified atom stereocenters. The topological polar surface area (TPSA) is 47.6 Å². The highest BCUT2D eigenvalue weighted by Crippen LogP contribution is 2.18. The summed E-state index contributed by atoms with van der Waals surface area (Å²) in [6, 6.07) is -0.0711. The quantitative estimate of drug-likeness (QED) is 0.758. The molecule has 0 spiro atoms. The van der Waals surface area contributed by atoms with Crippen molar-refractivity contribution in [3.8, 4) is 0 Å². The zero-order valence-electron chi connectivity index (χ0n) is 9.74. The zero-order valence-corrected chi connectivity index (χ0v) is 9.74. The molecular formula is C12H21NO3. The Bertz CT molecular complexity index is 220. The number of carbonyl (C=O) groups is 1. The van der Waals surface area contributed by atoms with E-state index in [1.165, 1.54) is 12.8 Å². The fourth-order valence-electron chi connectivity index (χ4n) is 2.32. The van der Waals surface area contributed by atoms with Crippen molar-refractivity contribution in [1.29, 1.82) is 0 Å². The number of nitrogens with one attached hydrogen (secondary N) is 1. The molecular weight excluding hydrogens is 206 g/mol. The molecule has 0 aromatic rings. The summed E-state index contributed by atoms with van der Waals surface area (Å²) in [5.74, 6) is 0.290. The Morgan fingerprint density at radius 2 is 2.31 bits per heavy atom. The molecule has 0 aromatic heterocycles. The largest absolute Gasteiger partial charge is 0.378 e. The molecule has 0 amide bonds. The van der Waals surface area contributed by atoms with Gasteiger partial charge in [0.15, 0.2) is 5.78 Å². The van der Waals surface area contributed by atoms with Crippen LogP contribution in [0.1, 0.15) is 32.1 Å². The lowest BCUT2D eigenvalue weighted by Crippen LogP contribution is -2.46. The normalized spacial score (nSPS) is 30.5. The summed E-state index contributed by atoms with van der Waals surface area (Å²) in [5.41, 5.74) is 0. The van der Waals surface area contributed by atoms with Crippen LogP contribution in [0, 0.1) is 0 Å². The lowest BCUT2D eigenvalue weighted by atomic mass is 10.0. The van der Waals surface area contributed by atoms with Gasteiger partial charge in [0.2, 0.25) is 0 Å². The van der Waals surface area contributed by atoms with Crippen molar-refractivity contribution in [2.45, 2.75) is 44.2 Å². The highest BCUT2D eigenvalue weighted by Gasteiger charge is 2.21. The summed E-state index contributed by atoms with van der Waals surface area (Å²) in [7, 11) is 0. The van der Waals surface area contributed by atoms with Crippen LogP contribution in [0.2, 0.25) is 0 Å². The number of rotatable bonds is 5. The van der Waals surface area contributed by atoms with E-state index in [2.05, 4.69) is 5.32 Å². The molecule has 4 nitrogen and oxygen atoms in total. The average Bonchev–Trinajstić information content (AvgIpc) is 2.83. The van der Waals surface area contributed by atoms with Gasteiger partial charge in [-0.05, 0) is 25.7 Å². The van der Waals surface area contributed by atoms with Crippen LogP contribution < -0.4 is 5.32 Å². The molecule has 2 saturated heterocycles. The van der Waals surface area contributed by atoms with Gasteiger partial charge in [0, 0.05) is 19.6 Å². The van der Waals surface area contributed by atoms with E-state index in [0.717, 1.165) is 32.6 Å². The third-order valence-corrected chi connectivity index (χ3v) is 3.28. The molecule has 2 rings (SSSR count). The summed E-state index contributed by atoms with van der Waals surface area (Å²) in [6.07, 6.45) is 5.38. The molecule has 16 heavy (non-hydrogen) atoms. The molecule has 2 aliphatic rings. The maximum absolute atomic E-state index is 11.8. The summed E-state index contributed by atoms with van der Waals surface area (Å²) in [6.45, 7) is 2.96. The maximum Gasteiger partial charge on any atom is 0.152 e. The smallest absolute Gasteiger partial charge is 0.152 e. The summed E-state index contributed by atoms with van der Waals surface area (Å²) < 4.78 is 10.8. The van der Waals surface area contributed by atoms with Gasteiger partial charge in [-0.15, -0.1) is 0 Å². The van der Waals surface area contributed by atoms with Crippen LogP contribution in [0.4, 0.5) is 0 Å². The van der Waals surface area contributed by atoms with E-state index >= 15 is 0 Å². The number of carbonyl (C=O) groups excluding carboxylic acids is 1. The van der Waals surface area contributed by atoms with E-state index in [9.17, 15) is 4.79 Å². The molecule has 0 saturated carbocycles. The Hall–Kier alpha value is -0.450. The molecule has 0 radical (unpaired) electrons. The van der Waals surface area contributed by atoms with Gasteiger partial charge in [-0.1, -0.05) is 0 Å². The monoisotopic (exact) mass is 227 g/mol. The fourth-order valence-corrected chi connectivity index (χ4v) is 2.32. The first kappa shape index (κ1) is 12.0. The minimum Gasteiger partial charge on any atom is -0.378 e. The fraction of sp³-hybridized carbons (Fsp3) is 0.917. The Morgan fingerprint density at radius 1 is 1.38 bits per heavy atom. The number of Topliss-reactive ketones (excluding diaryl/α,β-unsaturated/α-hetero) is 1. The van der Waals surface area contributed by atoms with Crippen LogP contribution in [-0.2, 0) is 14.3 Å². The van der Waals surface area contributed by atoms with Crippen molar-refractivity contribution >= 4 is 5.78 Å². The second kappa shape index (κ2) is 6.33. The lowest BCUT2D eigenvalue weighted by molar-refractivity contribution is -0.124. The highest BCUT2D eigenvalue weighted by molar-refractivity contribution is 5.84. The van der Waals surface area contributed by atoms with Gasteiger partial charge in [-0.3, -0.25) is 4.79 Å². The highest BCUT2D eigenvalue weighted by atomic mass is 16.5. The van der Waals surface area contributed by atoms with Crippen molar-refractivity contribution in [3.63, 3.8) is 0 Å². The molecule has 0 aromatic carbocycles. The van der Waals surface area contributed by atoms with Crippen LogP contribution in [0.25, 0.3) is 0 Å². The number of hydrogen-bond donors (Lipinski definition) is 1. The number of morpholine rings is 1. The maximum atomic E-state index is 11.8. The molecule has 2 heterocycles. The van der Waals surface area contributed by atoms with E-state index in [-0.39, 0.29) is 11.8 Å². The molecule has 0 aliphatic carbocycles. The number of hydrogen-bond acceptors (Lipinski definition) is 4. The third kappa shape index (κ3) is 3.54. The van der Waals surface area contributed by atoms with Gasteiger partial charge in [0.25, 0.3) is 0 Å². The van der Waals surface area contributed by atoms with Gasteiger partial charge in [-0.2, -0.15) is 0 Å². The molecule has 1 N–H and O–H groups in total. The second-order valence-corrected chi connectivity index (χ2v) is 4.58. The Morgan fingerprint density at radius 3 is 3.00 bits per heavy atom. The van der Waals surface area contributed by atoms with E-state index in [1.807, 2.05) is 0 Å².